The molecule has 0 saturated carbocycles. The van der Waals surface area contributed by atoms with Crippen LogP contribution in [0.15, 0.2) is 12.1 Å². The predicted octanol–water partition coefficient (Wildman–Crippen LogP) is 1.85. The summed E-state index contributed by atoms with van der Waals surface area (Å²) in [5, 5.41) is 10.5. The van der Waals surface area contributed by atoms with E-state index in [-0.39, 0.29) is 12.1 Å². The molecule has 9 heteroatoms. The second kappa shape index (κ2) is 4.00. The van der Waals surface area contributed by atoms with E-state index in [9.17, 15) is 32.5 Å². The topological polar surface area (TPSA) is 86.2 Å². The second-order valence-electron chi connectivity index (χ2n) is 2.97. The minimum atomic E-state index is -5.16. The van der Waals surface area contributed by atoms with Crippen molar-refractivity contribution in [2.45, 2.75) is 6.18 Å². The predicted molar refractivity (Wildman–Crippen MR) is 46.6 cm³/mol. The smallest absolute Gasteiger partial charge is 0.365 e. The third-order valence-corrected chi connectivity index (χ3v) is 1.83. The molecule has 1 aromatic rings. The molecule has 0 aliphatic carbocycles. The molecule has 0 aliphatic heterocycles. The van der Waals surface area contributed by atoms with Gasteiger partial charge >= 0.3 is 6.18 Å². The number of amides is 1. The van der Waals surface area contributed by atoms with Crippen molar-refractivity contribution in [2.24, 2.45) is 5.73 Å². The summed E-state index contributed by atoms with van der Waals surface area (Å²) in [6.07, 6.45) is -5.16. The van der Waals surface area contributed by atoms with Crippen LogP contribution in [-0.2, 0) is 6.18 Å². The average Bonchev–Trinajstić information content (AvgIpc) is 2.14. The molecule has 0 unspecified atom stereocenters. The quantitative estimate of drug-likeness (QED) is 0.495. The Bertz CT molecular complexity index is 498. The van der Waals surface area contributed by atoms with Crippen LogP contribution in [0.5, 0.6) is 0 Å². The third-order valence-electron chi connectivity index (χ3n) is 1.83. The van der Waals surface area contributed by atoms with E-state index in [1.54, 1.807) is 0 Å². The molecule has 0 heterocycles. The highest BCUT2D eigenvalue weighted by Crippen LogP contribution is 2.38. The minimum absolute atomic E-state index is 0.0649. The lowest BCUT2D eigenvalue weighted by molar-refractivity contribution is -0.388. The monoisotopic (exact) mass is 252 g/mol. The van der Waals surface area contributed by atoms with Gasteiger partial charge in [0.15, 0.2) is 0 Å². The number of halogens is 4. The van der Waals surface area contributed by atoms with Crippen molar-refractivity contribution in [3.8, 4) is 0 Å². The van der Waals surface area contributed by atoms with Crippen LogP contribution in [0, 0.1) is 15.9 Å². The Hall–Kier alpha value is -2.19. The molecule has 5 nitrogen and oxygen atoms in total. The lowest BCUT2D eigenvalue weighted by Crippen LogP contribution is -2.18. The Labute approximate surface area is 91.0 Å². The maximum atomic E-state index is 12.8. The first-order valence-electron chi connectivity index (χ1n) is 3.99. The highest BCUT2D eigenvalue weighted by Gasteiger charge is 2.41. The van der Waals surface area contributed by atoms with Gasteiger partial charge in [0, 0.05) is 0 Å². The number of carbonyl (C=O) groups excluding carboxylic acids is 1. The first kappa shape index (κ1) is 12.9. The van der Waals surface area contributed by atoms with Crippen LogP contribution in [0.2, 0.25) is 0 Å². The maximum Gasteiger partial charge on any atom is 0.423 e. The second-order valence-corrected chi connectivity index (χ2v) is 2.97. The largest absolute Gasteiger partial charge is 0.423 e. The zero-order valence-electron chi connectivity index (χ0n) is 7.92. The zero-order chi connectivity index (χ0) is 13.4. The summed E-state index contributed by atoms with van der Waals surface area (Å²) in [5.74, 6) is -2.95. The fourth-order valence-corrected chi connectivity index (χ4v) is 1.20. The molecule has 0 saturated heterocycles. The normalized spacial score (nSPS) is 11.3. The molecule has 0 radical (unpaired) electrons. The van der Waals surface area contributed by atoms with Gasteiger partial charge in [0.05, 0.1) is 4.92 Å². The van der Waals surface area contributed by atoms with Crippen LogP contribution in [0.4, 0.5) is 23.2 Å². The molecule has 0 spiro atoms. The first-order valence-corrected chi connectivity index (χ1v) is 3.99. The van der Waals surface area contributed by atoms with Gasteiger partial charge in [-0.25, -0.2) is 4.39 Å². The van der Waals surface area contributed by atoms with Crippen LogP contribution in [0.3, 0.4) is 0 Å². The van der Waals surface area contributed by atoms with Gasteiger partial charge in [-0.05, 0) is 12.1 Å². The number of nitro groups is 1. The highest BCUT2D eigenvalue weighted by molar-refractivity contribution is 5.97. The Morgan fingerprint density at radius 1 is 1.35 bits per heavy atom. The molecule has 17 heavy (non-hydrogen) atoms. The van der Waals surface area contributed by atoms with Crippen molar-refractivity contribution in [2.75, 3.05) is 0 Å². The molecule has 0 atom stereocenters. The average molecular weight is 252 g/mol. The summed E-state index contributed by atoms with van der Waals surface area (Å²) in [5.41, 5.74) is 0.133. The van der Waals surface area contributed by atoms with E-state index in [2.05, 4.69) is 5.73 Å². The van der Waals surface area contributed by atoms with Crippen molar-refractivity contribution in [3.05, 3.63) is 39.2 Å². The Morgan fingerprint density at radius 2 is 1.88 bits per heavy atom. The number of alkyl halides is 3. The molecule has 1 amide bonds. The molecule has 0 bridgehead atoms. The van der Waals surface area contributed by atoms with Crippen LogP contribution in [0.1, 0.15) is 15.9 Å². The van der Waals surface area contributed by atoms with E-state index in [0.717, 1.165) is 0 Å². The van der Waals surface area contributed by atoms with Crippen LogP contribution < -0.4 is 5.73 Å². The molecule has 1 aromatic carbocycles. The van der Waals surface area contributed by atoms with Crippen LogP contribution in [0.25, 0.3) is 0 Å². The van der Waals surface area contributed by atoms with Crippen LogP contribution >= 0.6 is 0 Å². The van der Waals surface area contributed by atoms with E-state index in [0.29, 0.717) is 0 Å². The molecule has 2 N–H and O–H groups in total. The van der Waals surface area contributed by atoms with E-state index < -0.39 is 39.6 Å². The zero-order valence-corrected chi connectivity index (χ0v) is 7.92. The van der Waals surface area contributed by atoms with Crippen LogP contribution in [-0.4, -0.2) is 10.8 Å². The van der Waals surface area contributed by atoms with Gasteiger partial charge in [0.25, 0.3) is 11.6 Å². The van der Waals surface area contributed by atoms with E-state index in [4.69, 9.17) is 0 Å². The van der Waals surface area contributed by atoms with Crippen molar-refractivity contribution in [1.29, 1.82) is 0 Å². The number of nitrogens with two attached hydrogens (primary N) is 1. The van der Waals surface area contributed by atoms with Gasteiger partial charge in [0.2, 0.25) is 0 Å². The number of benzene rings is 1. The summed E-state index contributed by atoms with van der Waals surface area (Å²) in [6, 6.07) is 0.222. The molecule has 92 valence electrons. The molecule has 0 fully saturated rings. The number of nitrogens with zero attached hydrogens (tertiary/aromatic N) is 1. The van der Waals surface area contributed by atoms with Gasteiger partial charge < -0.3 is 5.73 Å². The van der Waals surface area contributed by atoms with Gasteiger partial charge in [0.1, 0.15) is 16.9 Å². The number of carbonyl (C=O) groups is 1. The first-order chi connectivity index (χ1) is 7.64. The molecular formula is C8H4F4N2O3. The van der Waals surface area contributed by atoms with Gasteiger partial charge in [-0.15, -0.1) is 0 Å². The van der Waals surface area contributed by atoms with Gasteiger partial charge in [-0.2, -0.15) is 13.2 Å². The maximum absolute atomic E-state index is 12.8. The lowest BCUT2D eigenvalue weighted by atomic mass is 10.1. The van der Waals surface area contributed by atoms with E-state index in [1.165, 1.54) is 0 Å². The number of rotatable bonds is 2. The van der Waals surface area contributed by atoms with Crippen molar-refractivity contribution < 1.29 is 27.3 Å². The van der Waals surface area contributed by atoms with Gasteiger partial charge in [-0.3, -0.25) is 14.9 Å². The lowest BCUT2D eigenvalue weighted by Gasteiger charge is -2.09. The molecular weight excluding hydrogens is 248 g/mol. The molecule has 0 aromatic heterocycles. The van der Waals surface area contributed by atoms with E-state index in [1.807, 2.05) is 0 Å². The summed E-state index contributed by atoms with van der Waals surface area (Å²) in [4.78, 5) is 19.8. The van der Waals surface area contributed by atoms with Crippen molar-refractivity contribution >= 4 is 11.6 Å². The number of hydrogen-bond donors (Lipinski definition) is 1. The SMILES string of the molecule is NC(=O)c1cc(F)cc(C(F)(F)F)c1[N+](=O)[O-]. The fourth-order valence-electron chi connectivity index (χ4n) is 1.20. The minimum Gasteiger partial charge on any atom is -0.365 e. The standard InChI is InChI=1S/C8H4F4N2O3/c9-3-1-4(7(13)15)6(14(16)17)5(2-3)8(10,11)12/h1-2H,(H2,13,15). The molecule has 1 rings (SSSR count). The van der Waals surface area contributed by atoms with Crippen molar-refractivity contribution in [3.63, 3.8) is 0 Å². The summed E-state index contributed by atoms with van der Waals surface area (Å²) < 4.78 is 50.1. The third kappa shape index (κ3) is 2.49. The fraction of sp³-hybridized carbons (Fsp3) is 0.125. The number of hydrogen-bond acceptors (Lipinski definition) is 3. The summed E-state index contributed by atoms with van der Waals surface area (Å²) in [6.45, 7) is 0. The highest BCUT2D eigenvalue weighted by atomic mass is 19.4. The number of nitro benzene ring substituents is 1. The van der Waals surface area contributed by atoms with Gasteiger partial charge in [-0.1, -0.05) is 0 Å². The summed E-state index contributed by atoms with van der Waals surface area (Å²) >= 11 is 0. The Morgan fingerprint density at radius 3 is 2.24 bits per heavy atom. The molecule has 0 aliphatic rings. The Balaban J connectivity index is 3.70. The summed E-state index contributed by atoms with van der Waals surface area (Å²) in [7, 11) is 0. The number of primary amides is 1. The van der Waals surface area contributed by atoms with E-state index >= 15 is 0 Å². The Kier molecular flexibility index (Phi) is 3.03. The van der Waals surface area contributed by atoms with Crippen molar-refractivity contribution in [1.82, 2.24) is 0 Å².